The Hall–Kier alpha value is -1.26. The first-order chi connectivity index (χ1) is 9.38. The number of hydrogen-bond acceptors (Lipinski definition) is 2. The van der Waals surface area contributed by atoms with Crippen LogP contribution in [0.4, 0.5) is 8.78 Å². The van der Waals surface area contributed by atoms with Crippen LogP contribution in [0.25, 0.3) is 6.08 Å². The van der Waals surface area contributed by atoms with Crippen LogP contribution in [-0.4, -0.2) is 30.6 Å². The lowest BCUT2D eigenvalue weighted by molar-refractivity contribution is 0.105. The SMILES string of the molecule is CC1(C)CN(C/C=C/c2ccc(F)cc2F)CCC1N. The third kappa shape index (κ3) is 3.64. The van der Waals surface area contributed by atoms with Gasteiger partial charge in [-0.3, -0.25) is 4.90 Å². The van der Waals surface area contributed by atoms with E-state index in [0.717, 1.165) is 32.1 Å². The predicted molar refractivity (Wildman–Crippen MR) is 78.2 cm³/mol. The Morgan fingerprint density at radius 3 is 2.80 bits per heavy atom. The molecule has 4 heteroatoms. The summed E-state index contributed by atoms with van der Waals surface area (Å²) < 4.78 is 26.3. The van der Waals surface area contributed by atoms with Gasteiger partial charge in [0.2, 0.25) is 0 Å². The average Bonchev–Trinajstić information content (AvgIpc) is 2.36. The molecule has 1 atom stereocenters. The first kappa shape index (κ1) is 15.1. The number of nitrogens with two attached hydrogens (primary N) is 1. The molecule has 1 heterocycles. The average molecular weight is 280 g/mol. The van der Waals surface area contributed by atoms with Gasteiger partial charge in [0, 0.05) is 30.8 Å². The van der Waals surface area contributed by atoms with Gasteiger partial charge >= 0.3 is 0 Å². The van der Waals surface area contributed by atoms with Gasteiger partial charge in [-0.2, -0.15) is 0 Å². The summed E-state index contributed by atoms with van der Waals surface area (Å²) in [5.74, 6) is -1.08. The standard InChI is InChI=1S/C16H22F2N2/c1-16(2)11-20(9-7-15(16)19)8-3-4-12-5-6-13(17)10-14(12)18/h3-6,10,15H,7-9,11,19H2,1-2H3/b4-3+. The van der Waals surface area contributed by atoms with Crippen molar-refractivity contribution in [2.45, 2.75) is 26.3 Å². The molecule has 1 aliphatic heterocycles. The fourth-order valence-electron chi connectivity index (χ4n) is 2.61. The van der Waals surface area contributed by atoms with E-state index in [1.54, 1.807) is 6.08 Å². The van der Waals surface area contributed by atoms with Crippen LogP contribution < -0.4 is 5.73 Å². The highest BCUT2D eigenvalue weighted by Crippen LogP contribution is 2.27. The molecule has 2 rings (SSSR count). The quantitative estimate of drug-likeness (QED) is 0.922. The molecule has 0 aliphatic carbocycles. The van der Waals surface area contributed by atoms with Crippen molar-refractivity contribution in [2.24, 2.45) is 11.1 Å². The Morgan fingerprint density at radius 2 is 2.15 bits per heavy atom. The molecule has 1 fully saturated rings. The minimum atomic E-state index is -0.550. The van der Waals surface area contributed by atoms with E-state index in [0.29, 0.717) is 5.56 Å². The molecule has 0 aromatic heterocycles. The van der Waals surface area contributed by atoms with Crippen molar-refractivity contribution in [1.82, 2.24) is 4.90 Å². The van der Waals surface area contributed by atoms with Gasteiger partial charge in [0.15, 0.2) is 0 Å². The molecule has 110 valence electrons. The Morgan fingerprint density at radius 1 is 1.40 bits per heavy atom. The zero-order valence-electron chi connectivity index (χ0n) is 12.1. The van der Waals surface area contributed by atoms with E-state index in [-0.39, 0.29) is 11.5 Å². The van der Waals surface area contributed by atoms with Crippen molar-refractivity contribution in [3.05, 3.63) is 41.5 Å². The third-order valence-corrected chi connectivity index (χ3v) is 4.01. The summed E-state index contributed by atoms with van der Waals surface area (Å²) in [5, 5.41) is 0. The minimum absolute atomic E-state index is 0.104. The van der Waals surface area contributed by atoms with Crippen LogP contribution in [0.5, 0.6) is 0 Å². The highest BCUT2D eigenvalue weighted by molar-refractivity contribution is 5.50. The molecule has 0 saturated carbocycles. The Bertz CT molecular complexity index is 497. The highest BCUT2D eigenvalue weighted by atomic mass is 19.1. The van der Waals surface area contributed by atoms with E-state index in [4.69, 9.17) is 5.73 Å². The second-order valence-corrected chi connectivity index (χ2v) is 6.19. The number of halogens is 2. The van der Waals surface area contributed by atoms with E-state index in [1.807, 2.05) is 6.08 Å². The van der Waals surface area contributed by atoms with E-state index in [2.05, 4.69) is 18.7 Å². The molecular weight excluding hydrogens is 258 g/mol. The maximum Gasteiger partial charge on any atom is 0.133 e. The molecule has 1 saturated heterocycles. The summed E-state index contributed by atoms with van der Waals surface area (Å²) in [6, 6.07) is 3.86. The predicted octanol–water partition coefficient (Wildman–Crippen LogP) is 3.04. The summed E-state index contributed by atoms with van der Waals surface area (Å²) in [6.45, 7) is 7.00. The van der Waals surface area contributed by atoms with Gasteiger partial charge in [0.1, 0.15) is 11.6 Å². The number of hydrogen-bond donors (Lipinski definition) is 1. The van der Waals surface area contributed by atoms with Crippen LogP contribution in [0.3, 0.4) is 0 Å². The monoisotopic (exact) mass is 280 g/mol. The molecule has 1 unspecified atom stereocenters. The largest absolute Gasteiger partial charge is 0.327 e. The molecule has 1 aromatic rings. The number of piperidine rings is 1. The molecule has 0 amide bonds. The van der Waals surface area contributed by atoms with Gasteiger partial charge in [0.25, 0.3) is 0 Å². The van der Waals surface area contributed by atoms with Crippen LogP contribution in [0.15, 0.2) is 24.3 Å². The minimum Gasteiger partial charge on any atom is -0.327 e. The third-order valence-electron chi connectivity index (χ3n) is 4.01. The lowest BCUT2D eigenvalue weighted by atomic mass is 9.80. The zero-order chi connectivity index (χ0) is 14.8. The van der Waals surface area contributed by atoms with Gasteiger partial charge in [-0.25, -0.2) is 8.78 Å². The van der Waals surface area contributed by atoms with E-state index >= 15 is 0 Å². The maximum absolute atomic E-state index is 13.5. The number of likely N-dealkylation sites (tertiary alicyclic amines) is 1. The molecule has 1 aliphatic rings. The molecule has 0 radical (unpaired) electrons. The van der Waals surface area contributed by atoms with Crippen LogP contribution in [0.1, 0.15) is 25.8 Å². The zero-order valence-corrected chi connectivity index (χ0v) is 12.1. The fourth-order valence-corrected chi connectivity index (χ4v) is 2.61. The number of rotatable bonds is 3. The number of benzene rings is 1. The normalized spacial score (nSPS) is 23.4. The Balaban J connectivity index is 1.93. The maximum atomic E-state index is 13.5. The number of nitrogens with zero attached hydrogens (tertiary/aromatic N) is 1. The van der Waals surface area contributed by atoms with E-state index in [1.165, 1.54) is 12.1 Å². The van der Waals surface area contributed by atoms with Crippen molar-refractivity contribution >= 4 is 6.08 Å². The van der Waals surface area contributed by atoms with E-state index < -0.39 is 11.6 Å². The lowest BCUT2D eigenvalue weighted by Crippen LogP contribution is -2.52. The van der Waals surface area contributed by atoms with Crippen molar-refractivity contribution in [3.63, 3.8) is 0 Å². The summed E-state index contributed by atoms with van der Waals surface area (Å²) >= 11 is 0. The van der Waals surface area contributed by atoms with Crippen LogP contribution in [0.2, 0.25) is 0 Å². The van der Waals surface area contributed by atoms with Crippen molar-refractivity contribution < 1.29 is 8.78 Å². The van der Waals surface area contributed by atoms with Gasteiger partial charge in [-0.05, 0) is 30.5 Å². The summed E-state index contributed by atoms with van der Waals surface area (Å²) in [7, 11) is 0. The summed E-state index contributed by atoms with van der Waals surface area (Å²) in [4.78, 5) is 2.31. The van der Waals surface area contributed by atoms with Crippen LogP contribution in [-0.2, 0) is 0 Å². The van der Waals surface area contributed by atoms with Gasteiger partial charge in [-0.15, -0.1) is 0 Å². The Labute approximate surface area is 119 Å². The highest BCUT2D eigenvalue weighted by Gasteiger charge is 2.32. The van der Waals surface area contributed by atoms with Gasteiger partial charge in [0.05, 0.1) is 0 Å². The van der Waals surface area contributed by atoms with Gasteiger partial charge < -0.3 is 5.73 Å². The molecule has 1 aromatic carbocycles. The second kappa shape index (κ2) is 6.02. The molecule has 20 heavy (non-hydrogen) atoms. The topological polar surface area (TPSA) is 29.3 Å². The first-order valence-electron chi connectivity index (χ1n) is 6.98. The Kier molecular flexibility index (Phi) is 4.55. The lowest BCUT2D eigenvalue weighted by Gasteiger charge is -2.42. The smallest absolute Gasteiger partial charge is 0.133 e. The molecule has 0 bridgehead atoms. The van der Waals surface area contributed by atoms with E-state index in [9.17, 15) is 8.78 Å². The van der Waals surface area contributed by atoms with Crippen LogP contribution in [0, 0.1) is 17.0 Å². The van der Waals surface area contributed by atoms with Crippen molar-refractivity contribution in [3.8, 4) is 0 Å². The molecule has 0 spiro atoms. The van der Waals surface area contributed by atoms with Crippen LogP contribution >= 0.6 is 0 Å². The fraction of sp³-hybridized carbons (Fsp3) is 0.500. The second-order valence-electron chi connectivity index (χ2n) is 6.19. The summed E-state index contributed by atoms with van der Waals surface area (Å²) in [5.41, 5.74) is 6.62. The summed E-state index contributed by atoms with van der Waals surface area (Å²) in [6.07, 6.45) is 4.60. The molecule has 2 nitrogen and oxygen atoms in total. The van der Waals surface area contributed by atoms with Gasteiger partial charge in [-0.1, -0.05) is 26.0 Å². The molecule has 2 N–H and O–H groups in total. The first-order valence-corrected chi connectivity index (χ1v) is 6.98. The molecular formula is C16H22F2N2. The van der Waals surface area contributed by atoms with Crippen molar-refractivity contribution in [2.75, 3.05) is 19.6 Å². The van der Waals surface area contributed by atoms with Crippen molar-refractivity contribution in [1.29, 1.82) is 0 Å².